The van der Waals surface area contributed by atoms with Crippen LogP contribution in [0.5, 0.6) is 0 Å². The van der Waals surface area contributed by atoms with Gasteiger partial charge in [0.05, 0.1) is 66.0 Å². The molecule has 0 aliphatic rings. The number of hydrogen-bond donors (Lipinski definition) is 6. The zero-order valence-electron chi connectivity index (χ0n) is 26.6. The van der Waals surface area contributed by atoms with E-state index in [1.807, 2.05) is 24.3 Å². The molecular formula is C32H47N5O10. The molecule has 15 nitrogen and oxygen atoms in total. The third-order valence-corrected chi connectivity index (χ3v) is 6.69. The fourth-order valence-corrected chi connectivity index (χ4v) is 4.31. The van der Waals surface area contributed by atoms with E-state index in [9.17, 15) is 24.3 Å². The number of aliphatic carboxylic acids is 1. The highest BCUT2D eigenvalue weighted by Gasteiger charge is 2.27. The number of hydrogen-bond acceptors (Lipinski definition) is 10. The Morgan fingerprint density at radius 2 is 1.47 bits per heavy atom. The Morgan fingerprint density at radius 1 is 0.851 bits per heavy atom. The molecule has 0 fully saturated rings. The molecule has 2 unspecified atom stereocenters. The molecule has 2 rings (SSSR count). The fourth-order valence-electron chi connectivity index (χ4n) is 4.31. The van der Waals surface area contributed by atoms with E-state index in [2.05, 4.69) is 26.9 Å². The minimum absolute atomic E-state index is 0.0681. The van der Waals surface area contributed by atoms with Crippen LogP contribution in [-0.2, 0) is 49.3 Å². The molecule has 3 amide bonds. The van der Waals surface area contributed by atoms with E-state index in [4.69, 9.17) is 35.8 Å². The van der Waals surface area contributed by atoms with Gasteiger partial charge in [-0.15, -0.1) is 6.42 Å². The monoisotopic (exact) mass is 661 g/mol. The lowest BCUT2D eigenvalue weighted by Crippen LogP contribution is -2.53. The summed E-state index contributed by atoms with van der Waals surface area (Å²) in [5, 5.41) is 18.4. The van der Waals surface area contributed by atoms with Crippen LogP contribution in [0.4, 0.5) is 0 Å². The smallest absolute Gasteiger partial charge is 0.326 e. The lowest BCUT2D eigenvalue weighted by molar-refractivity contribution is -0.142. The SMILES string of the molecule is C#CCOCCOCCOCCOCCOCCC(=O)NCCCC(NC(=O)C(Cc1c[nH]c2ccccc12)NC(=O)CN)C(=O)O. The van der Waals surface area contributed by atoms with Crippen molar-refractivity contribution in [2.75, 3.05) is 79.2 Å². The van der Waals surface area contributed by atoms with E-state index >= 15 is 0 Å². The number of fused-ring (bicyclic) bond motifs is 1. The Kier molecular flexibility index (Phi) is 20.1. The van der Waals surface area contributed by atoms with Crippen LogP contribution in [0.2, 0.25) is 0 Å². The predicted octanol–water partition coefficient (Wildman–Crippen LogP) is -0.274. The largest absolute Gasteiger partial charge is 0.480 e. The standard InChI is InChI=1S/C32H47N5O10/c1-2-11-43-13-15-45-17-19-47-20-18-46-16-14-44-12-9-29(38)34-10-5-8-27(32(41)42)37-31(40)28(36-30(39)22-33)21-24-23-35-26-7-4-3-6-25(24)26/h1,3-4,6-7,23,27-28,35H,5,8-22,33H2,(H,34,38)(H,36,39)(H,37,40)(H,41,42). The van der Waals surface area contributed by atoms with E-state index in [0.717, 1.165) is 16.5 Å². The summed E-state index contributed by atoms with van der Waals surface area (Å²) in [6.07, 6.45) is 7.45. The minimum atomic E-state index is -1.23. The molecule has 15 heteroatoms. The van der Waals surface area contributed by atoms with E-state index in [0.29, 0.717) is 59.3 Å². The van der Waals surface area contributed by atoms with Gasteiger partial charge < -0.3 is 55.5 Å². The first-order valence-corrected chi connectivity index (χ1v) is 15.5. The van der Waals surface area contributed by atoms with E-state index in [-0.39, 0.29) is 51.5 Å². The average Bonchev–Trinajstić information content (AvgIpc) is 3.47. The lowest BCUT2D eigenvalue weighted by atomic mass is 10.0. The number of terminal acetylenes is 1. The van der Waals surface area contributed by atoms with Gasteiger partial charge in [-0.25, -0.2) is 4.79 Å². The van der Waals surface area contributed by atoms with Gasteiger partial charge in [-0.05, 0) is 24.5 Å². The van der Waals surface area contributed by atoms with Crippen molar-refractivity contribution in [3.05, 3.63) is 36.0 Å². The topological polar surface area (TPSA) is 213 Å². The number of amides is 3. The Hall–Kier alpha value is -4.04. The van der Waals surface area contributed by atoms with Gasteiger partial charge in [0.25, 0.3) is 0 Å². The van der Waals surface area contributed by atoms with Gasteiger partial charge in [0.2, 0.25) is 17.7 Å². The number of nitrogens with two attached hydrogens (primary N) is 1. The number of carbonyl (C=O) groups excluding carboxylic acids is 3. The van der Waals surface area contributed by atoms with Gasteiger partial charge in [-0.2, -0.15) is 0 Å². The number of nitrogens with one attached hydrogen (secondary N) is 4. The maximum atomic E-state index is 13.1. The minimum Gasteiger partial charge on any atom is -0.480 e. The van der Waals surface area contributed by atoms with Crippen LogP contribution in [0.1, 0.15) is 24.8 Å². The molecular weight excluding hydrogens is 614 g/mol. The molecule has 260 valence electrons. The summed E-state index contributed by atoms with van der Waals surface area (Å²) in [6.45, 7) is 3.65. The van der Waals surface area contributed by atoms with Crippen molar-refractivity contribution in [3.63, 3.8) is 0 Å². The molecule has 1 aromatic heterocycles. The van der Waals surface area contributed by atoms with Crippen LogP contribution in [0.25, 0.3) is 10.9 Å². The van der Waals surface area contributed by atoms with Gasteiger partial charge in [0, 0.05) is 36.5 Å². The van der Waals surface area contributed by atoms with Crippen LogP contribution in [0, 0.1) is 12.3 Å². The molecule has 1 aromatic carbocycles. The van der Waals surface area contributed by atoms with Crippen molar-refractivity contribution < 1.29 is 48.0 Å². The number of carboxylic acid groups (broad SMARTS) is 1. The normalized spacial score (nSPS) is 12.3. The van der Waals surface area contributed by atoms with E-state index < -0.39 is 29.9 Å². The summed E-state index contributed by atoms with van der Waals surface area (Å²) in [5.74, 6) is -0.289. The van der Waals surface area contributed by atoms with Crippen molar-refractivity contribution >= 4 is 34.6 Å². The highest BCUT2D eigenvalue weighted by molar-refractivity contribution is 5.92. The summed E-state index contributed by atoms with van der Waals surface area (Å²) in [4.78, 5) is 52.2. The van der Waals surface area contributed by atoms with Gasteiger partial charge >= 0.3 is 5.97 Å². The van der Waals surface area contributed by atoms with Gasteiger partial charge in [-0.3, -0.25) is 14.4 Å². The summed E-state index contributed by atoms with van der Waals surface area (Å²) >= 11 is 0. The maximum absolute atomic E-state index is 13.1. The quantitative estimate of drug-likeness (QED) is 0.0542. The molecule has 7 N–H and O–H groups in total. The first kappa shape index (κ1) is 39.1. The van der Waals surface area contributed by atoms with E-state index in [1.165, 1.54) is 0 Å². The lowest BCUT2D eigenvalue weighted by Gasteiger charge is -2.21. The molecule has 1 heterocycles. The maximum Gasteiger partial charge on any atom is 0.326 e. The number of rotatable bonds is 27. The Labute approximate surface area is 274 Å². The number of aromatic amines is 1. The number of carbonyl (C=O) groups is 4. The highest BCUT2D eigenvalue weighted by Crippen LogP contribution is 2.19. The second-order valence-electron chi connectivity index (χ2n) is 10.2. The molecule has 47 heavy (non-hydrogen) atoms. The van der Waals surface area contributed by atoms with Gasteiger partial charge in [0.15, 0.2) is 0 Å². The molecule has 0 saturated heterocycles. The molecule has 0 radical (unpaired) electrons. The molecule has 0 saturated carbocycles. The van der Waals surface area contributed by atoms with Crippen LogP contribution < -0.4 is 21.7 Å². The molecule has 2 atom stereocenters. The number of ether oxygens (including phenoxy) is 5. The average molecular weight is 662 g/mol. The van der Waals surface area contributed by atoms with Crippen molar-refractivity contribution in [1.29, 1.82) is 0 Å². The van der Waals surface area contributed by atoms with Crippen LogP contribution in [-0.4, -0.2) is 125 Å². The summed E-state index contributed by atoms with van der Waals surface area (Å²) in [7, 11) is 0. The summed E-state index contributed by atoms with van der Waals surface area (Å²) < 4.78 is 26.6. The summed E-state index contributed by atoms with van der Waals surface area (Å²) in [5.41, 5.74) is 7.08. The predicted molar refractivity (Wildman–Crippen MR) is 172 cm³/mol. The van der Waals surface area contributed by atoms with Crippen LogP contribution in [0.3, 0.4) is 0 Å². The second kappa shape index (κ2) is 24.2. The van der Waals surface area contributed by atoms with E-state index in [1.54, 1.807) is 6.20 Å². The molecule has 0 bridgehead atoms. The number of benzene rings is 1. The number of carboxylic acids is 1. The van der Waals surface area contributed by atoms with Gasteiger partial charge in [-0.1, -0.05) is 24.1 Å². The Morgan fingerprint density at radius 3 is 2.09 bits per heavy atom. The van der Waals surface area contributed by atoms with Gasteiger partial charge in [0.1, 0.15) is 18.7 Å². The molecule has 0 spiro atoms. The summed E-state index contributed by atoms with van der Waals surface area (Å²) in [6, 6.07) is 5.25. The first-order valence-electron chi connectivity index (χ1n) is 15.5. The van der Waals surface area contributed by atoms with Crippen molar-refractivity contribution in [1.82, 2.24) is 20.9 Å². The third-order valence-electron chi connectivity index (χ3n) is 6.69. The zero-order valence-corrected chi connectivity index (χ0v) is 26.6. The van der Waals surface area contributed by atoms with Crippen molar-refractivity contribution in [2.24, 2.45) is 5.73 Å². The first-order chi connectivity index (χ1) is 22.8. The zero-order chi connectivity index (χ0) is 34.1. The van der Waals surface area contributed by atoms with Crippen molar-refractivity contribution in [3.8, 4) is 12.3 Å². The fraction of sp³-hybridized carbons (Fsp3) is 0.562. The molecule has 0 aliphatic carbocycles. The number of aromatic nitrogens is 1. The van der Waals surface area contributed by atoms with Crippen molar-refractivity contribution in [2.45, 2.75) is 37.8 Å². The molecule has 2 aromatic rings. The van der Waals surface area contributed by atoms with Crippen LogP contribution in [0.15, 0.2) is 30.5 Å². The number of H-pyrrole nitrogens is 1. The molecule has 0 aliphatic heterocycles. The third kappa shape index (κ3) is 16.9. The van der Waals surface area contributed by atoms with Crippen LogP contribution >= 0.6 is 0 Å². The highest BCUT2D eigenvalue weighted by atomic mass is 16.6. The second-order valence-corrected chi connectivity index (χ2v) is 10.2. The Balaban J connectivity index is 1.57. The number of para-hydroxylation sites is 1. The Bertz CT molecular complexity index is 1260.